The number of hydrogen-bond donors (Lipinski definition) is 1. The topological polar surface area (TPSA) is 20.2 Å². The molecule has 1 fully saturated rings. The lowest BCUT2D eigenvalue weighted by Crippen LogP contribution is -2.08. The molecule has 0 unspecified atom stereocenters. The van der Waals surface area contributed by atoms with Gasteiger partial charge in [-0.15, -0.1) is 0 Å². The van der Waals surface area contributed by atoms with Gasteiger partial charge in [-0.2, -0.15) is 0 Å². The highest BCUT2D eigenvalue weighted by Crippen LogP contribution is 2.36. The molecule has 0 aromatic heterocycles. The maximum atomic E-state index is 13.0. The number of aliphatic hydroxyl groups excluding tert-OH is 1. The third-order valence-corrected chi connectivity index (χ3v) is 3.74. The van der Waals surface area contributed by atoms with Gasteiger partial charge in [-0.25, -0.2) is 4.39 Å². The molecule has 1 atom stereocenters. The maximum Gasteiger partial charge on any atom is 0.137 e. The molecule has 2 rings (SSSR count). The van der Waals surface area contributed by atoms with Crippen LogP contribution in [0.2, 0.25) is 0 Å². The molecule has 0 spiro atoms. The molecule has 1 aromatic carbocycles. The van der Waals surface area contributed by atoms with Gasteiger partial charge in [0.05, 0.1) is 10.6 Å². The fraction of sp³-hybridized carbons (Fsp3) is 0.500. The molecule has 82 valence electrons. The van der Waals surface area contributed by atoms with Crippen molar-refractivity contribution in [1.29, 1.82) is 0 Å². The summed E-state index contributed by atoms with van der Waals surface area (Å²) >= 11 is 3.14. The van der Waals surface area contributed by atoms with Gasteiger partial charge in [0.1, 0.15) is 5.82 Å². The second-order valence-electron chi connectivity index (χ2n) is 4.16. The molecule has 1 aliphatic carbocycles. The first-order chi connectivity index (χ1) is 7.18. The van der Waals surface area contributed by atoms with Crippen LogP contribution in [0.15, 0.2) is 22.7 Å². The summed E-state index contributed by atoms with van der Waals surface area (Å²) in [6.07, 6.45) is 4.12. The summed E-state index contributed by atoms with van der Waals surface area (Å²) in [6.45, 7) is 0. The van der Waals surface area contributed by atoms with Crippen molar-refractivity contribution in [2.24, 2.45) is 5.92 Å². The first-order valence-electron chi connectivity index (χ1n) is 5.31. The lowest BCUT2D eigenvalue weighted by Gasteiger charge is -2.18. The van der Waals surface area contributed by atoms with Crippen molar-refractivity contribution < 1.29 is 9.50 Å². The standard InChI is InChI=1S/C12H14BrFO/c13-10-7-9(5-6-11(10)14)12(15)8-3-1-2-4-8/h5-8,12,15H,1-4H2/t12-/m1/s1. The van der Waals surface area contributed by atoms with Crippen LogP contribution in [0, 0.1) is 11.7 Å². The molecule has 1 N–H and O–H groups in total. The third kappa shape index (κ3) is 2.40. The van der Waals surface area contributed by atoms with E-state index in [0.29, 0.717) is 10.4 Å². The van der Waals surface area contributed by atoms with Crippen LogP contribution in [-0.2, 0) is 0 Å². The third-order valence-electron chi connectivity index (χ3n) is 3.13. The fourth-order valence-electron chi connectivity index (χ4n) is 2.24. The van der Waals surface area contributed by atoms with E-state index in [2.05, 4.69) is 15.9 Å². The lowest BCUT2D eigenvalue weighted by molar-refractivity contribution is 0.111. The second-order valence-corrected chi connectivity index (χ2v) is 5.02. The van der Waals surface area contributed by atoms with Crippen molar-refractivity contribution in [2.45, 2.75) is 31.8 Å². The molecule has 0 amide bonds. The van der Waals surface area contributed by atoms with Gasteiger partial charge < -0.3 is 5.11 Å². The number of benzene rings is 1. The molecule has 15 heavy (non-hydrogen) atoms. The van der Waals surface area contributed by atoms with Gasteiger partial charge >= 0.3 is 0 Å². The molecule has 0 bridgehead atoms. The van der Waals surface area contributed by atoms with E-state index in [-0.39, 0.29) is 5.82 Å². The summed E-state index contributed by atoms with van der Waals surface area (Å²) in [4.78, 5) is 0. The van der Waals surface area contributed by atoms with Crippen LogP contribution in [0.5, 0.6) is 0 Å². The van der Waals surface area contributed by atoms with Gasteiger partial charge in [-0.05, 0) is 52.4 Å². The van der Waals surface area contributed by atoms with Crippen LogP contribution < -0.4 is 0 Å². The molecule has 1 aromatic rings. The largest absolute Gasteiger partial charge is 0.388 e. The summed E-state index contributed by atoms with van der Waals surface area (Å²) in [5.74, 6) is 0.0692. The highest BCUT2D eigenvalue weighted by molar-refractivity contribution is 9.10. The molecule has 1 saturated carbocycles. The van der Waals surface area contributed by atoms with Gasteiger partial charge in [-0.3, -0.25) is 0 Å². The second kappa shape index (κ2) is 4.62. The Balaban J connectivity index is 2.17. The van der Waals surface area contributed by atoms with E-state index in [1.54, 1.807) is 12.1 Å². The Morgan fingerprint density at radius 1 is 1.33 bits per heavy atom. The zero-order valence-corrected chi connectivity index (χ0v) is 10.0. The predicted molar refractivity (Wildman–Crippen MR) is 61.0 cm³/mol. The summed E-state index contributed by atoms with van der Waals surface area (Å²) in [6, 6.07) is 4.75. The zero-order chi connectivity index (χ0) is 10.8. The Morgan fingerprint density at radius 3 is 2.60 bits per heavy atom. The van der Waals surface area contributed by atoms with Crippen LogP contribution in [0.4, 0.5) is 4.39 Å². The first kappa shape index (κ1) is 11.1. The van der Waals surface area contributed by atoms with Gasteiger partial charge in [0.2, 0.25) is 0 Å². The van der Waals surface area contributed by atoms with Crippen LogP contribution >= 0.6 is 15.9 Å². The van der Waals surface area contributed by atoms with Crippen LogP contribution in [0.1, 0.15) is 37.4 Å². The summed E-state index contributed by atoms with van der Waals surface area (Å²) in [5, 5.41) is 10.1. The van der Waals surface area contributed by atoms with Crippen molar-refractivity contribution in [2.75, 3.05) is 0 Å². The SMILES string of the molecule is O[C@@H](c1ccc(F)c(Br)c1)C1CCCC1. The van der Waals surface area contributed by atoms with E-state index in [9.17, 15) is 9.50 Å². The molecule has 0 saturated heterocycles. The molecular weight excluding hydrogens is 259 g/mol. The predicted octanol–water partition coefficient (Wildman–Crippen LogP) is 3.81. The van der Waals surface area contributed by atoms with Crippen LogP contribution in [0.25, 0.3) is 0 Å². The minimum absolute atomic E-state index is 0.280. The fourth-order valence-corrected chi connectivity index (χ4v) is 2.64. The van der Waals surface area contributed by atoms with Gasteiger partial charge in [0, 0.05) is 0 Å². The molecule has 0 heterocycles. The Morgan fingerprint density at radius 2 is 2.00 bits per heavy atom. The first-order valence-corrected chi connectivity index (χ1v) is 6.11. The highest BCUT2D eigenvalue weighted by atomic mass is 79.9. The van der Waals surface area contributed by atoms with Gasteiger partial charge in [0.15, 0.2) is 0 Å². The molecule has 1 nitrogen and oxygen atoms in total. The lowest BCUT2D eigenvalue weighted by atomic mass is 9.94. The van der Waals surface area contributed by atoms with Crippen molar-refractivity contribution in [3.8, 4) is 0 Å². The molecule has 1 aliphatic rings. The summed E-state index contributed by atoms with van der Waals surface area (Å²) in [7, 11) is 0. The average molecular weight is 273 g/mol. The summed E-state index contributed by atoms with van der Waals surface area (Å²) < 4.78 is 13.4. The smallest absolute Gasteiger partial charge is 0.137 e. The average Bonchev–Trinajstić information content (AvgIpc) is 2.74. The van der Waals surface area contributed by atoms with Crippen LogP contribution in [-0.4, -0.2) is 5.11 Å². The Labute approximate surface area is 97.4 Å². The van der Waals surface area contributed by atoms with E-state index < -0.39 is 6.10 Å². The molecule has 0 radical (unpaired) electrons. The molecule has 0 aliphatic heterocycles. The van der Waals surface area contributed by atoms with Crippen molar-refractivity contribution in [3.63, 3.8) is 0 Å². The van der Waals surface area contributed by atoms with E-state index in [1.165, 1.54) is 18.9 Å². The van der Waals surface area contributed by atoms with Crippen molar-refractivity contribution in [1.82, 2.24) is 0 Å². The number of halogens is 2. The summed E-state index contributed by atoms with van der Waals surface area (Å²) in [5.41, 5.74) is 0.815. The Hall–Kier alpha value is -0.410. The minimum atomic E-state index is -0.440. The minimum Gasteiger partial charge on any atom is -0.388 e. The number of aliphatic hydroxyl groups is 1. The van der Waals surface area contributed by atoms with Crippen molar-refractivity contribution in [3.05, 3.63) is 34.1 Å². The Bertz CT molecular complexity index is 347. The van der Waals surface area contributed by atoms with Gasteiger partial charge in [0.25, 0.3) is 0 Å². The number of rotatable bonds is 2. The van der Waals surface area contributed by atoms with Crippen molar-refractivity contribution >= 4 is 15.9 Å². The van der Waals surface area contributed by atoms with E-state index in [4.69, 9.17) is 0 Å². The highest BCUT2D eigenvalue weighted by Gasteiger charge is 2.24. The monoisotopic (exact) mass is 272 g/mol. The zero-order valence-electron chi connectivity index (χ0n) is 8.42. The normalized spacial score (nSPS) is 19.4. The van der Waals surface area contributed by atoms with E-state index >= 15 is 0 Å². The van der Waals surface area contributed by atoms with Gasteiger partial charge in [-0.1, -0.05) is 18.9 Å². The maximum absolute atomic E-state index is 13.0. The quantitative estimate of drug-likeness (QED) is 0.868. The Kier molecular flexibility index (Phi) is 3.42. The van der Waals surface area contributed by atoms with E-state index in [0.717, 1.165) is 18.4 Å². The molecular formula is C12H14BrFO. The molecule has 3 heteroatoms. The van der Waals surface area contributed by atoms with Crippen LogP contribution in [0.3, 0.4) is 0 Å². The van der Waals surface area contributed by atoms with E-state index in [1.807, 2.05) is 0 Å². The number of hydrogen-bond acceptors (Lipinski definition) is 1.